The van der Waals surface area contributed by atoms with E-state index in [1.54, 1.807) is 32.9 Å². The maximum atomic E-state index is 13.4. The van der Waals surface area contributed by atoms with Crippen molar-refractivity contribution in [2.24, 2.45) is 10.8 Å². The van der Waals surface area contributed by atoms with Gasteiger partial charge in [-0.25, -0.2) is 16.8 Å². The predicted molar refractivity (Wildman–Crippen MR) is 143 cm³/mol. The molecule has 0 unspecified atom stereocenters. The summed E-state index contributed by atoms with van der Waals surface area (Å²) >= 11 is 4.60. The van der Waals surface area contributed by atoms with Gasteiger partial charge in [-0.05, 0) is 38.1 Å². The van der Waals surface area contributed by atoms with E-state index in [-0.39, 0.29) is 0 Å². The number of hydrogen-bond acceptors (Lipinski definition) is 4. The first-order valence-corrected chi connectivity index (χ1v) is 16.2. The molecule has 0 radical (unpaired) electrons. The van der Waals surface area contributed by atoms with E-state index in [2.05, 4.69) is 45.2 Å². The molecule has 2 aliphatic heterocycles. The lowest BCUT2D eigenvalue weighted by molar-refractivity contribution is 0.233. The minimum atomic E-state index is -3.65. The second kappa shape index (κ2) is 8.74. The summed E-state index contributed by atoms with van der Waals surface area (Å²) < 4.78 is 58.2. The lowest BCUT2D eigenvalue weighted by atomic mass is 9.71. The van der Waals surface area contributed by atoms with E-state index in [1.807, 2.05) is 38.1 Å². The maximum absolute atomic E-state index is 13.4. The number of hydrogen-bond donors (Lipinski definition) is 0. The quantitative estimate of drug-likeness (QED) is 0.339. The molecule has 0 spiro atoms. The standard InChI is InChI=1S/C22H26I2N2O4S2/c1-17-3-7-19(8-4-17)31(27,28)25-13-21(11-23)15-26(16-22(21,12-24)14-25)32(29,30)20-9-5-18(2)6-10-20/h3-10H,11-16H2,1-2H3/t21-,22+. The molecule has 10 heteroatoms. The van der Waals surface area contributed by atoms with Crippen LogP contribution in [0.2, 0.25) is 0 Å². The number of nitrogens with zero attached hydrogens (tertiary/aromatic N) is 2. The van der Waals surface area contributed by atoms with Crippen LogP contribution in [0.3, 0.4) is 0 Å². The van der Waals surface area contributed by atoms with Crippen molar-refractivity contribution in [3.05, 3.63) is 59.7 Å². The van der Waals surface area contributed by atoms with Crippen molar-refractivity contribution in [3.63, 3.8) is 0 Å². The molecule has 0 aliphatic carbocycles. The highest BCUT2D eigenvalue weighted by atomic mass is 127. The molecule has 0 aromatic heterocycles. The first kappa shape index (κ1) is 24.8. The highest BCUT2D eigenvalue weighted by Gasteiger charge is 2.65. The SMILES string of the molecule is Cc1ccc(S(=O)(=O)N2C[C@]3(CI)CN(S(=O)(=O)c4ccc(C)cc4)C[C@]3(CI)C2)cc1. The molecule has 2 fully saturated rings. The molecule has 2 aromatic carbocycles. The van der Waals surface area contributed by atoms with Gasteiger partial charge in [-0.3, -0.25) is 0 Å². The van der Waals surface area contributed by atoms with Crippen LogP contribution in [0.25, 0.3) is 0 Å². The number of alkyl halides is 2. The van der Waals surface area contributed by atoms with E-state index >= 15 is 0 Å². The summed E-state index contributed by atoms with van der Waals surface area (Å²) in [6, 6.07) is 13.8. The van der Waals surface area contributed by atoms with Crippen LogP contribution in [0.5, 0.6) is 0 Å². The van der Waals surface area contributed by atoms with Gasteiger partial charge in [0.25, 0.3) is 0 Å². The zero-order chi connectivity index (χ0) is 23.4. The molecule has 2 heterocycles. The number of benzene rings is 2. The number of halogens is 2. The van der Waals surface area contributed by atoms with Crippen LogP contribution >= 0.6 is 45.2 Å². The van der Waals surface area contributed by atoms with Gasteiger partial charge in [0.15, 0.2) is 0 Å². The molecule has 2 aromatic rings. The van der Waals surface area contributed by atoms with Crippen molar-refractivity contribution in [1.29, 1.82) is 0 Å². The Morgan fingerprint density at radius 1 is 0.656 bits per heavy atom. The summed E-state index contributed by atoms with van der Waals surface area (Å²) in [6.45, 7) is 5.17. The minimum absolute atomic E-state index is 0.291. The molecular formula is C22H26I2N2O4S2. The number of rotatable bonds is 6. The molecule has 0 saturated carbocycles. The zero-order valence-corrected chi connectivity index (χ0v) is 23.9. The average Bonchev–Trinajstić information content (AvgIpc) is 3.25. The lowest BCUT2D eigenvalue weighted by Gasteiger charge is -2.35. The van der Waals surface area contributed by atoms with Crippen molar-refractivity contribution in [2.75, 3.05) is 35.0 Å². The maximum Gasteiger partial charge on any atom is 0.243 e. The third-order valence-corrected chi connectivity index (χ3v) is 13.4. The van der Waals surface area contributed by atoms with E-state index in [0.717, 1.165) is 11.1 Å². The van der Waals surface area contributed by atoms with Crippen LogP contribution in [0, 0.1) is 24.7 Å². The van der Waals surface area contributed by atoms with Gasteiger partial charge in [-0.2, -0.15) is 8.61 Å². The van der Waals surface area contributed by atoms with Crippen molar-refractivity contribution in [2.45, 2.75) is 23.6 Å². The first-order valence-electron chi connectivity index (χ1n) is 10.3. The van der Waals surface area contributed by atoms with Gasteiger partial charge in [-0.15, -0.1) is 0 Å². The third kappa shape index (κ3) is 3.96. The fourth-order valence-electron chi connectivity index (χ4n) is 4.74. The van der Waals surface area contributed by atoms with Crippen LogP contribution < -0.4 is 0 Å². The molecule has 0 N–H and O–H groups in total. The van der Waals surface area contributed by atoms with Gasteiger partial charge in [0, 0.05) is 45.9 Å². The topological polar surface area (TPSA) is 74.8 Å². The average molecular weight is 700 g/mol. The van der Waals surface area contributed by atoms with Gasteiger partial charge in [0.1, 0.15) is 0 Å². The van der Waals surface area contributed by atoms with Gasteiger partial charge in [0.2, 0.25) is 20.0 Å². The second-order valence-corrected chi connectivity index (χ2v) is 14.4. The summed E-state index contributed by atoms with van der Waals surface area (Å²) in [5.74, 6) is 0. The van der Waals surface area contributed by atoms with Gasteiger partial charge < -0.3 is 0 Å². The summed E-state index contributed by atoms with van der Waals surface area (Å²) in [4.78, 5) is 0.582. The van der Waals surface area contributed by atoms with Crippen molar-refractivity contribution in [3.8, 4) is 0 Å². The predicted octanol–water partition coefficient (Wildman–Crippen LogP) is 3.86. The Morgan fingerprint density at radius 3 is 1.19 bits per heavy atom. The van der Waals surface area contributed by atoms with Crippen LogP contribution in [0.15, 0.2) is 58.3 Å². The van der Waals surface area contributed by atoms with Crippen molar-refractivity contribution < 1.29 is 16.8 Å². The number of fused-ring (bicyclic) bond motifs is 1. The van der Waals surface area contributed by atoms with E-state index < -0.39 is 30.9 Å². The smallest absolute Gasteiger partial charge is 0.207 e. The normalized spacial score (nSPS) is 27.0. The van der Waals surface area contributed by atoms with Crippen molar-refractivity contribution >= 4 is 65.2 Å². The molecule has 4 rings (SSSR count). The molecule has 6 nitrogen and oxygen atoms in total. The van der Waals surface area contributed by atoms with Gasteiger partial charge in [-0.1, -0.05) is 80.6 Å². The molecule has 2 saturated heterocycles. The molecule has 32 heavy (non-hydrogen) atoms. The Bertz CT molecular complexity index is 1100. The molecule has 2 aliphatic rings. The highest BCUT2D eigenvalue weighted by molar-refractivity contribution is 14.1. The zero-order valence-electron chi connectivity index (χ0n) is 18.0. The van der Waals surface area contributed by atoms with E-state index in [1.165, 1.54) is 0 Å². The van der Waals surface area contributed by atoms with Crippen molar-refractivity contribution in [1.82, 2.24) is 8.61 Å². The molecular weight excluding hydrogens is 674 g/mol. The fraction of sp³-hybridized carbons (Fsp3) is 0.455. The largest absolute Gasteiger partial charge is 0.243 e. The Balaban J connectivity index is 1.67. The van der Waals surface area contributed by atoms with Crippen LogP contribution in [0.1, 0.15) is 11.1 Å². The Kier molecular flexibility index (Phi) is 6.78. The third-order valence-electron chi connectivity index (χ3n) is 6.87. The van der Waals surface area contributed by atoms with Crippen LogP contribution in [-0.2, 0) is 20.0 Å². The fourth-order valence-corrected chi connectivity index (χ4v) is 10.6. The molecule has 0 atom stereocenters. The second-order valence-electron chi connectivity index (χ2n) is 9.00. The van der Waals surface area contributed by atoms with E-state index in [0.29, 0.717) is 44.8 Å². The Labute approximate surface area is 218 Å². The minimum Gasteiger partial charge on any atom is -0.207 e. The van der Waals surface area contributed by atoms with E-state index in [4.69, 9.17) is 0 Å². The highest BCUT2D eigenvalue weighted by Crippen LogP contribution is 2.56. The Hall–Kier alpha value is -0.280. The van der Waals surface area contributed by atoms with Crippen LogP contribution in [0.4, 0.5) is 0 Å². The lowest BCUT2D eigenvalue weighted by Crippen LogP contribution is -2.42. The van der Waals surface area contributed by atoms with Gasteiger partial charge >= 0.3 is 0 Å². The molecule has 0 bridgehead atoms. The van der Waals surface area contributed by atoms with Gasteiger partial charge in [0.05, 0.1) is 9.79 Å². The number of aryl methyl sites for hydroxylation is 2. The summed E-state index contributed by atoms with van der Waals surface area (Å²) in [7, 11) is -7.29. The molecule has 174 valence electrons. The first-order chi connectivity index (χ1) is 15.0. The summed E-state index contributed by atoms with van der Waals surface area (Å²) in [5, 5.41) is 0. The Morgan fingerprint density at radius 2 is 0.938 bits per heavy atom. The monoisotopic (exact) mass is 700 g/mol. The number of sulfonamides is 2. The summed E-state index contributed by atoms with van der Waals surface area (Å²) in [5.41, 5.74) is 1.16. The van der Waals surface area contributed by atoms with Crippen LogP contribution in [-0.4, -0.2) is 60.5 Å². The van der Waals surface area contributed by atoms with E-state index in [9.17, 15) is 16.8 Å². The molecule has 0 amide bonds. The summed E-state index contributed by atoms with van der Waals surface area (Å²) in [6.07, 6.45) is 0.